The van der Waals surface area contributed by atoms with Crippen LogP contribution >= 0.6 is 35.1 Å². The van der Waals surface area contributed by atoms with Crippen molar-refractivity contribution in [2.75, 3.05) is 23.8 Å². The lowest BCUT2D eigenvalue weighted by Crippen LogP contribution is -2.33. The Labute approximate surface area is 120 Å². The fraction of sp³-hybridized carbons (Fsp3) is 0.417. The van der Waals surface area contributed by atoms with E-state index in [2.05, 4.69) is 5.32 Å². The second-order valence-electron chi connectivity index (χ2n) is 3.94. The highest BCUT2D eigenvalue weighted by molar-refractivity contribution is 8.06. The summed E-state index contributed by atoms with van der Waals surface area (Å²) in [4.78, 5) is 11.9. The topological polar surface area (TPSA) is 49.3 Å². The maximum absolute atomic E-state index is 11.9. The fourth-order valence-corrected chi connectivity index (χ4v) is 4.46. The van der Waals surface area contributed by atoms with Gasteiger partial charge in [-0.05, 0) is 18.2 Å². The number of hydrogen-bond donors (Lipinski definition) is 2. The maximum atomic E-state index is 11.9. The first-order chi connectivity index (χ1) is 8.66. The average Bonchev–Trinajstić information content (AvgIpc) is 2.40. The van der Waals surface area contributed by atoms with Crippen LogP contribution in [0.15, 0.2) is 18.2 Å². The number of carbonyl (C=O) groups excluding carboxylic acids is 1. The summed E-state index contributed by atoms with van der Waals surface area (Å²) in [5.74, 6) is 3.21. The standard InChI is InChI=1S/C12H14ClNO2S2/c13-11-2-1-8(15)5-10(11)12(16)14-6-9-7-17-3-4-18-9/h1-2,5,9,15H,3-4,6-7H2,(H,14,16). The fourth-order valence-electron chi connectivity index (χ4n) is 1.64. The third-order valence-electron chi connectivity index (χ3n) is 2.57. The van der Waals surface area contributed by atoms with Gasteiger partial charge in [0.1, 0.15) is 5.75 Å². The lowest BCUT2D eigenvalue weighted by atomic mass is 10.2. The Bertz CT molecular complexity index is 436. The van der Waals surface area contributed by atoms with Crippen molar-refractivity contribution in [3.8, 4) is 5.75 Å². The zero-order valence-electron chi connectivity index (χ0n) is 9.69. The number of rotatable bonds is 3. The predicted molar refractivity (Wildman–Crippen MR) is 79.0 cm³/mol. The first-order valence-corrected chi connectivity index (χ1v) is 8.21. The molecule has 1 heterocycles. The van der Waals surface area contributed by atoms with Crippen LogP contribution in [-0.2, 0) is 0 Å². The van der Waals surface area contributed by atoms with E-state index in [1.54, 1.807) is 0 Å². The number of hydrogen-bond acceptors (Lipinski definition) is 4. The number of phenols is 1. The van der Waals surface area contributed by atoms with Crippen LogP contribution in [-0.4, -0.2) is 40.1 Å². The van der Waals surface area contributed by atoms with E-state index >= 15 is 0 Å². The number of aromatic hydroxyl groups is 1. The largest absolute Gasteiger partial charge is 0.508 e. The van der Waals surface area contributed by atoms with Crippen molar-refractivity contribution in [2.24, 2.45) is 0 Å². The van der Waals surface area contributed by atoms with Crippen molar-refractivity contribution in [1.29, 1.82) is 0 Å². The van der Waals surface area contributed by atoms with Crippen LogP contribution in [0.4, 0.5) is 0 Å². The molecule has 1 saturated heterocycles. The van der Waals surface area contributed by atoms with Crippen molar-refractivity contribution >= 4 is 41.0 Å². The molecule has 1 aromatic rings. The SMILES string of the molecule is O=C(NCC1CSCCS1)c1cc(O)ccc1Cl. The molecule has 0 spiro atoms. The van der Waals surface area contributed by atoms with Crippen molar-refractivity contribution in [3.05, 3.63) is 28.8 Å². The van der Waals surface area contributed by atoms with E-state index in [1.165, 1.54) is 24.0 Å². The number of benzene rings is 1. The lowest BCUT2D eigenvalue weighted by Gasteiger charge is -2.21. The summed E-state index contributed by atoms with van der Waals surface area (Å²) >= 11 is 9.74. The molecule has 0 radical (unpaired) electrons. The van der Waals surface area contributed by atoms with E-state index in [4.69, 9.17) is 11.6 Å². The highest BCUT2D eigenvalue weighted by atomic mass is 35.5. The van der Waals surface area contributed by atoms with Gasteiger partial charge >= 0.3 is 0 Å². The monoisotopic (exact) mass is 303 g/mol. The molecule has 0 bridgehead atoms. The zero-order chi connectivity index (χ0) is 13.0. The Hall–Kier alpha value is -0.520. The van der Waals surface area contributed by atoms with Crippen LogP contribution in [0.2, 0.25) is 5.02 Å². The minimum absolute atomic E-state index is 0.0483. The molecule has 1 atom stereocenters. The number of amides is 1. The van der Waals surface area contributed by atoms with Crippen LogP contribution in [0.25, 0.3) is 0 Å². The molecule has 1 fully saturated rings. The maximum Gasteiger partial charge on any atom is 0.252 e. The number of carbonyl (C=O) groups is 1. The minimum atomic E-state index is -0.230. The second kappa shape index (κ2) is 6.59. The predicted octanol–water partition coefficient (Wildman–Crippen LogP) is 2.62. The molecule has 6 heteroatoms. The van der Waals surface area contributed by atoms with E-state index in [1.807, 2.05) is 23.5 Å². The Balaban J connectivity index is 1.92. The molecule has 1 aromatic carbocycles. The Kier molecular flexibility index (Phi) is 5.09. The molecule has 1 unspecified atom stereocenters. The summed E-state index contributed by atoms with van der Waals surface area (Å²) in [6, 6.07) is 4.38. The van der Waals surface area contributed by atoms with Crippen molar-refractivity contribution in [1.82, 2.24) is 5.32 Å². The van der Waals surface area contributed by atoms with Crippen LogP contribution in [0.1, 0.15) is 10.4 Å². The van der Waals surface area contributed by atoms with Gasteiger partial charge in [0.15, 0.2) is 0 Å². The van der Waals surface area contributed by atoms with Gasteiger partial charge in [-0.2, -0.15) is 23.5 Å². The molecule has 2 rings (SSSR count). The number of halogens is 1. The van der Waals surface area contributed by atoms with Gasteiger partial charge in [0, 0.05) is 29.1 Å². The van der Waals surface area contributed by atoms with E-state index in [9.17, 15) is 9.90 Å². The lowest BCUT2D eigenvalue weighted by molar-refractivity contribution is 0.0954. The van der Waals surface area contributed by atoms with Gasteiger partial charge in [-0.15, -0.1) is 0 Å². The summed E-state index contributed by atoms with van der Waals surface area (Å²) < 4.78 is 0. The van der Waals surface area contributed by atoms with Gasteiger partial charge in [0.05, 0.1) is 10.6 Å². The first kappa shape index (κ1) is 13.9. The molecule has 0 aliphatic carbocycles. The van der Waals surface area contributed by atoms with Crippen molar-refractivity contribution in [2.45, 2.75) is 5.25 Å². The molecule has 0 aromatic heterocycles. The zero-order valence-corrected chi connectivity index (χ0v) is 12.1. The van der Waals surface area contributed by atoms with Gasteiger partial charge in [0.25, 0.3) is 5.91 Å². The summed E-state index contributed by atoms with van der Waals surface area (Å²) in [6.07, 6.45) is 0. The summed E-state index contributed by atoms with van der Waals surface area (Å²) in [6.45, 7) is 0.641. The summed E-state index contributed by atoms with van der Waals surface area (Å²) in [5.41, 5.74) is 0.324. The average molecular weight is 304 g/mol. The highest BCUT2D eigenvalue weighted by Crippen LogP contribution is 2.24. The van der Waals surface area contributed by atoms with Gasteiger partial charge in [0.2, 0.25) is 0 Å². The normalized spacial score (nSPS) is 19.5. The molecular weight excluding hydrogens is 290 g/mol. The first-order valence-electron chi connectivity index (χ1n) is 5.63. The Morgan fingerprint density at radius 2 is 2.33 bits per heavy atom. The van der Waals surface area contributed by atoms with Gasteiger partial charge < -0.3 is 10.4 Å². The van der Waals surface area contributed by atoms with Crippen LogP contribution in [0.5, 0.6) is 5.75 Å². The number of thioether (sulfide) groups is 2. The molecule has 1 aliphatic heterocycles. The quantitative estimate of drug-likeness (QED) is 0.901. The molecule has 1 amide bonds. The Morgan fingerprint density at radius 1 is 1.50 bits per heavy atom. The highest BCUT2D eigenvalue weighted by Gasteiger charge is 2.17. The molecular formula is C12H14ClNO2S2. The molecule has 18 heavy (non-hydrogen) atoms. The van der Waals surface area contributed by atoms with Crippen molar-refractivity contribution in [3.63, 3.8) is 0 Å². The van der Waals surface area contributed by atoms with E-state index in [0.29, 0.717) is 22.4 Å². The summed E-state index contributed by atoms with van der Waals surface area (Å²) in [7, 11) is 0. The number of nitrogens with one attached hydrogen (secondary N) is 1. The van der Waals surface area contributed by atoms with Crippen LogP contribution in [0.3, 0.4) is 0 Å². The molecule has 1 aliphatic rings. The molecule has 98 valence electrons. The van der Waals surface area contributed by atoms with Gasteiger partial charge in [-0.25, -0.2) is 0 Å². The van der Waals surface area contributed by atoms with Gasteiger partial charge in [-0.3, -0.25) is 4.79 Å². The smallest absolute Gasteiger partial charge is 0.252 e. The third-order valence-corrected chi connectivity index (χ3v) is 5.74. The summed E-state index contributed by atoms with van der Waals surface area (Å²) in [5, 5.41) is 13.0. The molecule has 2 N–H and O–H groups in total. The minimum Gasteiger partial charge on any atom is -0.508 e. The van der Waals surface area contributed by atoms with Crippen LogP contribution < -0.4 is 5.32 Å². The molecule has 3 nitrogen and oxygen atoms in total. The third kappa shape index (κ3) is 3.73. The van der Waals surface area contributed by atoms with E-state index < -0.39 is 0 Å². The van der Waals surface area contributed by atoms with E-state index in [0.717, 1.165) is 11.5 Å². The number of phenolic OH excluding ortho intramolecular Hbond substituents is 1. The second-order valence-corrected chi connectivity index (χ2v) is 6.91. The van der Waals surface area contributed by atoms with E-state index in [-0.39, 0.29) is 11.7 Å². The van der Waals surface area contributed by atoms with Gasteiger partial charge in [-0.1, -0.05) is 11.6 Å². The molecule has 0 saturated carbocycles. The Morgan fingerprint density at radius 3 is 3.06 bits per heavy atom. The van der Waals surface area contributed by atoms with Crippen LogP contribution in [0, 0.1) is 0 Å². The van der Waals surface area contributed by atoms with Crippen molar-refractivity contribution < 1.29 is 9.90 Å².